The van der Waals surface area contributed by atoms with Gasteiger partial charge in [-0.15, -0.1) is 0 Å². The Balaban J connectivity index is 1.69. The molecule has 3 N–H and O–H groups in total. The Bertz CT molecular complexity index is 971. The minimum Gasteiger partial charge on any atom is -0.368 e. The maximum Gasteiger partial charge on any atom is 0.252 e. The molecular formula is C22H19N3O3. The number of carbonyl (C=O) groups excluding carboxylic acids is 3. The highest BCUT2D eigenvalue weighted by Gasteiger charge is 2.19. The third-order valence-electron chi connectivity index (χ3n) is 4.28. The highest BCUT2D eigenvalue weighted by atomic mass is 16.2. The molecule has 2 amide bonds. The summed E-state index contributed by atoms with van der Waals surface area (Å²) in [5.74, 6) is -1.11. The molecule has 140 valence electrons. The largest absolute Gasteiger partial charge is 0.368 e. The van der Waals surface area contributed by atoms with E-state index in [1.54, 1.807) is 48.5 Å². The molecule has 0 spiro atoms. The van der Waals surface area contributed by atoms with Crippen LogP contribution in [-0.4, -0.2) is 28.6 Å². The topological polar surface area (TPSA) is 102 Å². The molecule has 1 atom stereocenters. The number of pyridine rings is 1. The Morgan fingerprint density at radius 1 is 0.821 bits per heavy atom. The Morgan fingerprint density at radius 2 is 1.43 bits per heavy atom. The Hall–Kier alpha value is -3.80. The maximum atomic E-state index is 12.5. The van der Waals surface area contributed by atoms with Crippen LogP contribution in [0, 0.1) is 0 Å². The number of benzene rings is 2. The summed E-state index contributed by atoms with van der Waals surface area (Å²) in [5.41, 5.74) is 7.77. The first-order chi connectivity index (χ1) is 13.5. The second-order valence-corrected chi connectivity index (χ2v) is 6.26. The molecule has 0 aliphatic carbocycles. The van der Waals surface area contributed by atoms with Gasteiger partial charge in [-0.3, -0.25) is 19.4 Å². The van der Waals surface area contributed by atoms with E-state index in [0.29, 0.717) is 16.7 Å². The summed E-state index contributed by atoms with van der Waals surface area (Å²) in [6.07, 6.45) is 3.22. The molecule has 0 saturated heterocycles. The molecule has 2 aromatic carbocycles. The van der Waals surface area contributed by atoms with Crippen molar-refractivity contribution in [3.8, 4) is 0 Å². The van der Waals surface area contributed by atoms with E-state index < -0.39 is 17.9 Å². The van der Waals surface area contributed by atoms with Crippen LogP contribution in [0.3, 0.4) is 0 Å². The average molecular weight is 373 g/mol. The van der Waals surface area contributed by atoms with Crippen LogP contribution in [0.5, 0.6) is 0 Å². The highest BCUT2D eigenvalue weighted by Crippen LogP contribution is 2.12. The van der Waals surface area contributed by atoms with E-state index in [9.17, 15) is 14.4 Å². The van der Waals surface area contributed by atoms with E-state index in [4.69, 9.17) is 5.73 Å². The van der Waals surface area contributed by atoms with Gasteiger partial charge >= 0.3 is 0 Å². The molecule has 0 bridgehead atoms. The monoisotopic (exact) mass is 373 g/mol. The van der Waals surface area contributed by atoms with Crippen molar-refractivity contribution in [3.63, 3.8) is 0 Å². The first-order valence-electron chi connectivity index (χ1n) is 8.73. The summed E-state index contributed by atoms with van der Waals surface area (Å²) >= 11 is 0. The van der Waals surface area contributed by atoms with E-state index in [1.807, 2.05) is 18.2 Å². The van der Waals surface area contributed by atoms with E-state index in [1.165, 1.54) is 12.4 Å². The van der Waals surface area contributed by atoms with Gasteiger partial charge in [0.1, 0.15) is 6.04 Å². The molecule has 28 heavy (non-hydrogen) atoms. The van der Waals surface area contributed by atoms with Gasteiger partial charge in [0.15, 0.2) is 5.78 Å². The van der Waals surface area contributed by atoms with Gasteiger partial charge in [-0.1, -0.05) is 54.6 Å². The van der Waals surface area contributed by atoms with Crippen LogP contribution < -0.4 is 11.1 Å². The van der Waals surface area contributed by atoms with Crippen LogP contribution in [0.4, 0.5) is 0 Å². The molecule has 0 aliphatic rings. The van der Waals surface area contributed by atoms with Crippen molar-refractivity contribution in [2.45, 2.75) is 12.5 Å². The minimum absolute atomic E-state index is 0.0791. The number of hydrogen-bond acceptors (Lipinski definition) is 4. The van der Waals surface area contributed by atoms with Gasteiger partial charge in [-0.2, -0.15) is 0 Å². The lowest BCUT2D eigenvalue weighted by molar-refractivity contribution is -0.119. The Labute approximate surface area is 162 Å². The van der Waals surface area contributed by atoms with Gasteiger partial charge in [0.2, 0.25) is 5.91 Å². The number of hydrogen-bond donors (Lipinski definition) is 2. The standard InChI is InChI=1S/C22H19N3O3/c23-21(27)19(25-22(28)18-10-12-24-13-11-18)14-15-6-8-17(9-7-15)20(26)16-4-2-1-3-5-16/h1-13,19H,14H2,(H2,23,27)(H,25,28)/t19-/m0/s1. The second-order valence-electron chi connectivity index (χ2n) is 6.26. The SMILES string of the molecule is NC(=O)[C@H](Cc1ccc(C(=O)c2ccccc2)cc1)NC(=O)c1ccncc1. The normalized spacial score (nSPS) is 11.4. The van der Waals surface area contributed by atoms with Gasteiger partial charge in [0.25, 0.3) is 5.91 Å². The summed E-state index contributed by atoms with van der Waals surface area (Å²) in [7, 11) is 0. The molecule has 6 nitrogen and oxygen atoms in total. The van der Waals surface area contributed by atoms with Crippen molar-refractivity contribution in [2.24, 2.45) is 5.73 Å². The van der Waals surface area contributed by atoms with E-state index in [0.717, 1.165) is 5.56 Å². The van der Waals surface area contributed by atoms with Crippen LogP contribution in [0.2, 0.25) is 0 Å². The van der Waals surface area contributed by atoms with Gasteiger partial charge in [-0.05, 0) is 17.7 Å². The maximum absolute atomic E-state index is 12.5. The number of carbonyl (C=O) groups is 3. The highest BCUT2D eigenvalue weighted by molar-refractivity contribution is 6.08. The van der Waals surface area contributed by atoms with Crippen LogP contribution in [0.25, 0.3) is 0 Å². The smallest absolute Gasteiger partial charge is 0.252 e. The number of nitrogens with zero attached hydrogens (tertiary/aromatic N) is 1. The molecule has 1 heterocycles. The zero-order valence-electron chi connectivity index (χ0n) is 15.0. The lowest BCUT2D eigenvalue weighted by Gasteiger charge is -2.16. The molecule has 0 radical (unpaired) electrons. The van der Waals surface area contributed by atoms with Gasteiger partial charge in [0.05, 0.1) is 0 Å². The molecule has 3 aromatic rings. The van der Waals surface area contributed by atoms with Crippen molar-refractivity contribution in [3.05, 3.63) is 101 Å². The fourth-order valence-electron chi connectivity index (χ4n) is 2.75. The van der Waals surface area contributed by atoms with Crippen LogP contribution in [0.1, 0.15) is 31.8 Å². The number of nitrogens with two attached hydrogens (primary N) is 1. The fraction of sp³-hybridized carbons (Fsp3) is 0.0909. The van der Waals surface area contributed by atoms with Gasteiger partial charge in [0, 0.05) is 35.5 Å². The Morgan fingerprint density at radius 3 is 2.04 bits per heavy atom. The van der Waals surface area contributed by atoms with Crippen LogP contribution >= 0.6 is 0 Å². The van der Waals surface area contributed by atoms with Crippen molar-refractivity contribution in [1.82, 2.24) is 10.3 Å². The number of rotatable bonds is 7. The first kappa shape index (κ1) is 19.0. The van der Waals surface area contributed by atoms with Gasteiger partial charge < -0.3 is 11.1 Å². The number of aromatic nitrogens is 1. The molecule has 6 heteroatoms. The van der Waals surface area contributed by atoms with E-state index in [-0.39, 0.29) is 12.2 Å². The van der Waals surface area contributed by atoms with Crippen LogP contribution in [-0.2, 0) is 11.2 Å². The van der Waals surface area contributed by atoms with Crippen molar-refractivity contribution >= 4 is 17.6 Å². The molecule has 1 aromatic heterocycles. The van der Waals surface area contributed by atoms with E-state index in [2.05, 4.69) is 10.3 Å². The molecule has 3 rings (SSSR count). The third-order valence-corrected chi connectivity index (χ3v) is 4.28. The summed E-state index contributed by atoms with van der Waals surface area (Å²) in [6.45, 7) is 0. The molecular weight excluding hydrogens is 354 g/mol. The first-order valence-corrected chi connectivity index (χ1v) is 8.73. The molecule has 0 unspecified atom stereocenters. The molecule has 0 saturated carbocycles. The number of ketones is 1. The van der Waals surface area contributed by atoms with Crippen molar-refractivity contribution in [1.29, 1.82) is 0 Å². The zero-order chi connectivity index (χ0) is 19.9. The fourth-order valence-corrected chi connectivity index (χ4v) is 2.75. The summed E-state index contributed by atoms with van der Waals surface area (Å²) < 4.78 is 0. The molecule has 0 aliphatic heterocycles. The van der Waals surface area contributed by atoms with Crippen LogP contribution in [0.15, 0.2) is 79.1 Å². The lowest BCUT2D eigenvalue weighted by atomic mass is 9.99. The summed E-state index contributed by atoms with van der Waals surface area (Å²) in [5, 5.41) is 2.64. The number of primary amides is 1. The third kappa shape index (κ3) is 4.67. The minimum atomic E-state index is -0.864. The molecule has 0 fully saturated rings. The Kier molecular flexibility index (Phi) is 5.91. The van der Waals surface area contributed by atoms with Gasteiger partial charge in [-0.25, -0.2) is 0 Å². The van der Waals surface area contributed by atoms with Crippen molar-refractivity contribution < 1.29 is 14.4 Å². The number of amides is 2. The second kappa shape index (κ2) is 8.73. The lowest BCUT2D eigenvalue weighted by Crippen LogP contribution is -2.45. The summed E-state index contributed by atoms with van der Waals surface area (Å²) in [4.78, 5) is 40.3. The summed E-state index contributed by atoms with van der Waals surface area (Å²) in [6, 6.07) is 18.1. The average Bonchev–Trinajstić information content (AvgIpc) is 2.74. The predicted octanol–water partition coefficient (Wildman–Crippen LogP) is 2.14. The zero-order valence-corrected chi connectivity index (χ0v) is 15.0. The van der Waals surface area contributed by atoms with Crippen molar-refractivity contribution in [2.75, 3.05) is 0 Å². The quantitative estimate of drug-likeness (QED) is 0.619. The predicted molar refractivity (Wildman–Crippen MR) is 105 cm³/mol. The number of nitrogens with one attached hydrogen (secondary N) is 1. The van der Waals surface area contributed by atoms with E-state index >= 15 is 0 Å².